The third kappa shape index (κ3) is 5.60. The maximum absolute atomic E-state index is 13.0. The molecule has 0 bridgehead atoms. The number of amides is 2. The van der Waals surface area contributed by atoms with Gasteiger partial charge in [-0.2, -0.15) is 0 Å². The van der Waals surface area contributed by atoms with E-state index in [9.17, 15) is 19.7 Å². The van der Waals surface area contributed by atoms with Gasteiger partial charge in [-0.05, 0) is 48.7 Å². The zero-order valence-electron chi connectivity index (χ0n) is 23.6. The predicted molar refractivity (Wildman–Crippen MR) is 155 cm³/mol. The van der Waals surface area contributed by atoms with Gasteiger partial charge in [-0.3, -0.25) is 19.8 Å². The highest BCUT2D eigenvalue weighted by atomic mass is 16.6. The Kier molecular flexibility index (Phi) is 8.32. The van der Waals surface area contributed by atoms with Crippen LogP contribution in [0.2, 0.25) is 0 Å². The average Bonchev–Trinajstić information content (AvgIpc) is 3.02. The molecule has 0 aliphatic carbocycles. The van der Waals surface area contributed by atoms with Crippen LogP contribution in [0.5, 0.6) is 17.2 Å². The number of piperidine rings is 1. The first-order valence-corrected chi connectivity index (χ1v) is 13.5. The number of fused-ring (bicyclic) bond motifs is 1. The Bertz CT molecular complexity index is 1480. The van der Waals surface area contributed by atoms with Gasteiger partial charge in [0.2, 0.25) is 5.75 Å². The predicted octanol–water partition coefficient (Wildman–Crippen LogP) is 4.68. The fourth-order valence-corrected chi connectivity index (χ4v) is 5.49. The molecular weight excluding hydrogens is 544 g/mol. The van der Waals surface area contributed by atoms with Crippen molar-refractivity contribution in [2.75, 3.05) is 44.2 Å². The average molecular weight is 577 g/mol. The van der Waals surface area contributed by atoms with Crippen LogP contribution < -0.4 is 29.3 Å². The van der Waals surface area contributed by atoms with Crippen LogP contribution in [0.25, 0.3) is 0 Å². The fraction of sp³-hybridized carbons (Fsp3) is 0.333. The fourth-order valence-electron chi connectivity index (χ4n) is 5.49. The van der Waals surface area contributed by atoms with Crippen LogP contribution in [0.4, 0.5) is 21.9 Å². The summed E-state index contributed by atoms with van der Waals surface area (Å²) in [5.41, 5.74) is 2.94. The molecular formula is C30H32N4O8. The van der Waals surface area contributed by atoms with Crippen molar-refractivity contribution in [3.05, 3.63) is 81.4 Å². The first-order chi connectivity index (χ1) is 20.3. The number of nitrogens with one attached hydrogen (secondary N) is 1. The molecule has 0 spiro atoms. The van der Waals surface area contributed by atoms with Crippen molar-refractivity contribution >= 4 is 29.1 Å². The van der Waals surface area contributed by atoms with Crippen molar-refractivity contribution in [2.45, 2.75) is 32.0 Å². The molecule has 0 atom stereocenters. The lowest BCUT2D eigenvalue weighted by Gasteiger charge is -2.40. The minimum atomic E-state index is -0.477. The molecule has 2 aliphatic heterocycles. The number of nitro benzene ring substituents is 1. The van der Waals surface area contributed by atoms with E-state index in [0.29, 0.717) is 54.4 Å². The second kappa shape index (κ2) is 12.2. The molecule has 1 N–H and O–H groups in total. The van der Waals surface area contributed by atoms with Gasteiger partial charge >= 0.3 is 6.09 Å². The summed E-state index contributed by atoms with van der Waals surface area (Å²) in [7, 11) is 4.51. The van der Waals surface area contributed by atoms with Gasteiger partial charge in [-0.1, -0.05) is 18.2 Å². The Balaban J connectivity index is 1.28. The number of hydrogen-bond donors (Lipinski definition) is 1. The summed E-state index contributed by atoms with van der Waals surface area (Å²) >= 11 is 0. The number of carbonyl (C=O) groups is 2. The van der Waals surface area contributed by atoms with Gasteiger partial charge in [0.05, 0.1) is 31.9 Å². The van der Waals surface area contributed by atoms with E-state index >= 15 is 0 Å². The summed E-state index contributed by atoms with van der Waals surface area (Å²) in [6.45, 7) is 1.40. The number of carbonyl (C=O) groups excluding carboxylic acids is 2. The first-order valence-electron chi connectivity index (χ1n) is 13.5. The van der Waals surface area contributed by atoms with Gasteiger partial charge < -0.3 is 29.2 Å². The largest absolute Gasteiger partial charge is 0.493 e. The molecule has 42 heavy (non-hydrogen) atoms. The number of nitro groups is 1. The molecule has 0 radical (unpaired) electrons. The zero-order valence-corrected chi connectivity index (χ0v) is 23.6. The van der Waals surface area contributed by atoms with Gasteiger partial charge in [0.15, 0.2) is 11.5 Å². The van der Waals surface area contributed by atoms with Gasteiger partial charge in [-0.25, -0.2) is 4.79 Å². The Morgan fingerprint density at radius 3 is 2.33 bits per heavy atom. The third-order valence-corrected chi connectivity index (χ3v) is 7.58. The lowest BCUT2D eigenvalue weighted by atomic mass is 9.99. The van der Waals surface area contributed by atoms with Gasteiger partial charge in [-0.15, -0.1) is 0 Å². The van der Waals surface area contributed by atoms with E-state index in [4.69, 9.17) is 18.9 Å². The topological polar surface area (TPSA) is 133 Å². The second-order valence-electron chi connectivity index (χ2n) is 9.95. The van der Waals surface area contributed by atoms with Crippen molar-refractivity contribution in [3.63, 3.8) is 0 Å². The van der Waals surface area contributed by atoms with E-state index in [0.717, 1.165) is 11.3 Å². The highest BCUT2D eigenvalue weighted by Crippen LogP contribution is 2.38. The molecule has 12 heteroatoms. The Morgan fingerprint density at radius 2 is 1.69 bits per heavy atom. The number of benzene rings is 3. The number of ether oxygens (including phenoxy) is 4. The van der Waals surface area contributed by atoms with Crippen molar-refractivity contribution in [1.29, 1.82) is 0 Å². The Labute approximate surface area is 242 Å². The number of cyclic esters (lactones) is 1. The van der Waals surface area contributed by atoms with Gasteiger partial charge in [0.1, 0.15) is 12.3 Å². The second-order valence-corrected chi connectivity index (χ2v) is 9.95. The smallest absolute Gasteiger partial charge is 0.414 e. The van der Waals surface area contributed by atoms with Crippen LogP contribution >= 0.6 is 0 Å². The van der Waals surface area contributed by atoms with Crippen molar-refractivity contribution in [1.82, 2.24) is 5.32 Å². The van der Waals surface area contributed by atoms with Crippen LogP contribution in [0.1, 0.15) is 34.3 Å². The standard InChI is InChI=1S/C30H32N4O8/c1-39-26-14-19(15-27(40-2)28(26)41-3)17-31-29(35)20-8-9-24(25(16-20)34(37)38)32-12-10-22(11-13-32)33-23-7-5-4-6-21(23)18-42-30(33)36/h4-9,14-16,22H,10-13,17-18H2,1-3H3,(H,31,35). The molecule has 5 rings (SSSR count). The molecule has 220 valence electrons. The molecule has 0 unspecified atom stereocenters. The molecule has 1 saturated heterocycles. The molecule has 2 heterocycles. The molecule has 2 aliphatic rings. The summed E-state index contributed by atoms with van der Waals surface area (Å²) in [5.74, 6) is 0.878. The van der Waals surface area contributed by atoms with E-state index in [2.05, 4.69) is 5.32 Å². The summed E-state index contributed by atoms with van der Waals surface area (Å²) in [6, 6.07) is 15.5. The Hall–Kier alpha value is -5.00. The Morgan fingerprint density at radius 1 is 1.00 bits per heavy atom. The van der Waals surface area contributed by atoms with E-state index in [-0.39, 0.29) is 36.5 Å². The summed E-state index contributed by atoms with van der Waals surface area (Å²) in [5, 5.41) is 14.8. The van der Waals surface area contributed by atoms with E-state index in [1.54, 1.807) is 29.2 Å². The molecule has 0 saturated carbocycles. The maximum Gasteiger partial charge on any atom is 0.414 e. The van der Waals surface area contributed by atoms with E-state index in [1.165, 1.54) is 27.4 Å². The van der Waals surface area contributed by atoms with Crippen molar-refractivity contribution in [2.24, 2.45) is 0 Å². The highest BCUT2D eigenvalue weighted by Gasteiger charge is 2.35. The molecule has 3 aromatic carbocycles. The monoisotopic (exact) mass is 576 g/mol. The lowest BCUT2D eigenvalue weighted by Crippen LogP contribution is -2.49. The van der Waals surface area contributed by atoms with Crippen LogP contribution in [0.15, 0.2) is 54.6 Å². The molecule has 12 nitrogen and oxygen atoms in total. The number of methoxy groups -OCH3 is 3. The number of hydrogen-bond acceptors (Lipinski definition) is 9. The van der Waals surface area contributed by atoms with E-state index in [1.807, 2.05) is 29.2 Å². The minimum Gasteiger partial charge on any atom is -0.493 e. The molecule has 1 fully saturated rings. The van der Waals surface area contributed by atoms with Crippen molar-refractivity contribution in [3.8, 4) is 17.2 Å². The summed E-state index contributed by atoms with van der Waals surface area (Å²) in [4.78, 5) is 40.8. The van der Waals surface area contributed by atoms with E-state index < -0.39 is 10.8 Å². The van der Waals surface area contributed by atoms with Crippen LogP contribution in [0.3, 0.4) is 0 Å². The van der Waals surface area contributed by atoms with Gasteiger partial charge in [0, 0.05) is 42.9 Å². The number of nitrogens with zero attached hydrogens (tertiary/aromatic N) is 3. The lowest BCUT2D eigenvalue weighted by molar-refractivity contribution is -0.384. The zero-order chi connectivity index (χ0) is 29.8. The van der Waals surface area contributed by atoms with Crippen LogP contribution in [-0.4, -0.2) is 57.4 Å². The van der Waals surface area contributed by atoms with Crippen LogP contribution in [0, 0.1) is 10.1 Å². The number of rotatable bonds is 9. The minimum absolute atomic E-state index is 0.0884. The SMILES string of the molecule is COc1cc(CNC(=O)c2ccc(N3CCC(N4C(=O)OCc5ccccc54)CC3)c([N+](=O)[O-])c2)cc(OC)c1OC. The quantitative estimate of drug-likeness (QED) is 0.285. The number of para-hydroxylation sites is 1. The molecule has 2 amide bonds. The normalized spacial score (nSPS) is 15.0. The maximum atomic E-state index is 13.0. The van der Waals surface area contributed by atoms with Crippen LogP contribution in [-0.2, 0) is 17.9 Å². The summed E-state index contributed by atoms with van der Waals surface area (Å²) in [6.07, 6.45) is 0.843. The van der Waals surface area contributed by atoms with Crippen molar-refractivity contribution < 1.29 is 33.5 Å². The molecule has 3 aromatic rings. The van der Waals surface area contributed by atoms with Gasteiger partial charge in [0.25, 0.3) is 11.6 Å². The highest BCUT2D eigenvalue weighted by molar-refractivity contribution is 5.96. The first kappa shape index (κ1) is 28.5. The molecule has 0 aromatic heterocycles. The number of anilines is 2. The summed E-state index contributed by atoms with van der Waals surface area (Å²) < 4.78 is 21.4. The third-order valence-electron chi connectivity index (χ3n) is 7.58.